The Morgan fingerprint density at radius 1 is 1.38 bits per heavy atom. The van der Waals surface area contributed by atoms with Crippen molar-refractivity contribution >= 4 is 27.3 Å². The smallest absolute Gasteiger partial charge is 0.0805 e. The molecular formula is C12H13BrN2S. The number of rotatable bonds is 3. The second-order valence-electron chi connectivity index (χ2n) is 3.62. The largest absolute Gasteiger partial charge is 0.271 e. The third-order valence-electron chi connectivity index (χ3n) is 2.51. The first-order chi connectivity index (χ1) is 7.72. The van der Waals surface area contributed by atoms with Crippen molar-refractivity contribution in [2.75, 3.05) is 0 Å². The highest BCUT2D eigenvalue weighted by atomic mass is 79.9. The molecule has 1 unspecified atom stereocenters. The lowest BCUT2D eigenvalue weighted by atomic mass is 10.0. The Labute approximate surface area is 108 Å². The van der Waals surface area contributed by atoms with E-state index < -0.39 is 0 Å². The van der Waals surface area contributed by atoms with Gasteiger partial charge in [0.1, 0.15) is 0 Å². The summed E-state index contributed by atoms with van der Waals surface area (Å²) in [5.74, 6) is 5.66. The van der Waals surface area contributed by atoms with E-state index >= 15 is 0 Å². The summed E-state index contributed by atoms with van der Waals surface area (Å²) in [6.45, 7) is 2.11. The number of hydrazine groups is 1. The maximum atomic E-state index is 5.66. The molecule has 0 aliphatic rings. The maximum absolute atomic E-state index is 5.66. The molecule has 0 bridgehead atoms. The van der Waals surface area contributed by atoms with Gasteiger partial charge in [0.2, 0.25) is 0 Å². The predicted octanol–water partition coefficient (Wildman–Crippen LogP) is 3.37. The summed E-state index contributed by atoms with van der Waals surface area (Å²) in [4.78, 5) is 1.26. The third-order valence-corrected chi connectivity index (χ3v) is 4.09. The first kappa shape index (κ1) is 11.8. The van der Waals surface area contributed by atoms with E-state index in [1.54, 1.807) is 11.3 Å². The molecule has 84 valence electrons. The molecule has 0 saturated carbocycles. The van der Waals surface area contributed by atoms with Crippen molar-refractivity contribution in [3.05, 3.63) is 56.2 Å². The van der Waals surface area contributed by atoms with Gasteiger partial charge in [-0.1, -0.05) is 28.1 Å². The first-order valence-corrected chi connectivity index (χ1v) is 6.65. The molecule has 3 N–H and O–H groups in total. The Kier molecular flexibility index (Phi) is 3.76. The van der Waals surface area contributed by atoms with Crippen molar-refractivity contribution in [2.45, 2.75) is 13.0 Å². The van der Waals surface area contributed by atoms with Crippen molar-refractivity contribution in [2.24, 2.45) is 5.84 Å². The molecule has 16 heavy (non-hydrogen) atoms. The van der Waals surface area contributed by atoms with Crippen LogP contribution in [0.2, 0.25) is 0 Å². The Bertz CT molecular complexity index is 481. The van der Waals surface area contributed by atoms with E-state index in [0.717, 1.165) is 4.47 Å². The van der Waals surface area contributed by atoms with E-state index in [1.807, 2.05) is 12.1 Å². The standard InChI is InChI=1S/C12H13BrN2S/c1-8-5-6-16-12(8)11(15-14)9-3-2-4-10(13)7-9/h2-7,11,15H,14H2,1H3. The van der Waals surface area contributed by atoms with Crippen molar-refractivity contribution < 1.29 is 0 Å². The summed E-state index contributed by atoms with van der Waals surface area (Å²) in [5, 5.41) is 2.09. The molecule has 2 rings (SSSR count). The fourth-order valence-corrected chi connectivity index (χ4v) is 3.12. The van der Waals surface area contributed by atoms with Crippen molar-refractivity contribution in [3.63, 3.8) is 0 Å². The quantitative estimate of drug-likeness (QED) is 0.673. The minimum Gasteiger partial charge on any atom is -0.271 e. The average molecular weight is 297 g/mol. The van der Waals surface area contributed by atoms with Gasteiger partial charge in [0.25, 0.3) is 0 Å². The van der Waals surface area contributed by atoms with E-state index in [4.69, 9.17) is 5.84 Å². The molecule has 1 aromatic carbocycles. The van der Waals surface area contributed by atoms with Crippen molar-refractivity contribution in [3.8, 4) is 0 Å². The SMILES string of the molecule is Cc1ccsc1C(NN)c1cccc(Br)c1. The van der Waals surface area contributed by atoms with Gasteiger partial charge >= 0.3 is 0 Å². The van der Waals surface area contributed by atoms with Gasteiger partial charge in [-0.15, -0.1) is 11.3 Å². The number of nitrogens with two attached hydrogens (primary N) is 1. The highest BCUT2D eigenvalue weighted by molar-refractivity contribution is 9.10. The van der Waals surface area contributed by atoms with Gasteiger partial charge in [-0.3, -0.25) is 5.84 Å². The molecule has 0 aliphatic carbocycles. The maximum Gasteiger partial charge on any atom is 0.0805 e. The molecule has 0 fully saturated rings. The monoisotopic (exact) mass is 296 g/mol. The molecule has 2 aromatic rings. The Balaban J connectivity index is 2.40. The fraction of sp³-hybridized carbons (Fsp3) is 0.167. The number of hydrogen-bond donors (Lipinski definition) is 2. The van der Waals surface area contributed by atoms with E-state index in [-0.39, 0.29) is 6.04 Å². The highest BCUT2D eigenvalue weighted by Gasteiger charge is 2.15. The van der Waals surface area contributed by atoms with Crippen LogP contribution in [-0.2, 0) is 0 Å². The molecule has 0 aliphatic heterocycles. The highest BCUT2D eigenvalue weighted by Crippen LogP contribution is 2.29. The average Bonchev–Trinajstić information content (AvgIpc) is 2.67. The number of hydrogen-bond acceptors (Lipinski definition) is 3. The van der Waals surface area contributed by atoms with Crippen LogP contribution < -0.4 is 11.3 Å². The minimum absolute atomic E-state index is 0.0671. The van der Waals surface area contributed by atoms with Gasteiger partial charge in [-0.05, 0) is 41.6 Å². The number of benzene rings is 1. The molecular weight excluding hydrogens is 284 g/mol. The van der Waals surface area contributed by atoms with Crippen LogP contribution >= 0.6 is 27.3 Å². The summed E-state index contributed by atoms with van der Waals surface area (Å²) in [6, 6.07) is 10.4. The Morgan fingerprint density at radius 3 is 2.75 bits per heavy atom. The van der Waals surface area contributed by atoms with E-state index in [0.29, 0.717) is 0 Å². The molecule has 0 radical (unpaired) electrons. The number of thiophene rings is 1. The van der Waals surface area contributed by atoms with Gasteiger partial charge in [-0.25, -0.2) is 5.43 Å². The molecule has 4 heteroatoms. The van der Waals surface area contributed by atoms with Crippen LogP contribution in [0.5, 0.6) is 0 Å². The van der Waals surface area contributed by atoms with Crippen LogP contribution in [0, 0.1) is 6.92 Å². The molecule has 1 aromatic heterocycles. The lowest BCUT2D eigenvalue weighted by molar-refractivity contribution is 0.643. The number of halogens is 1. The van der Waals surface area contributed by atoms with E-state index in [2.05, 4.69) is 51.9 Å². The summed E-state index contributed by atoms with van der Waals surface area (Å²) >= 11 is 5.20. The van der Waals surface area contributed by atoms with Crippen LogP contribution in [-0.4, -0.2) is 0 Å². The minimum atomic E-state index is 0.0671. The van der Waals surface area contributed by atoms with Crippen molar-refractivity contribution in [1.29, 1.82) is 0 Å². The van der Waals surface area contributed by atoms with Crippen LogP contribution in [0.15, 0.2) is 40.2 Å². The summed E-state index contributed by atoms with van der Waals surface area (Å²) in [7, 11) is 0. The van der Waals surface area contributed by atoms with Gasteiger partial charge in [0.05, 0.1) is 6.04 Å². The summed E-state index contributed by atoms with van der Waals surface area (Å²) in [5.41, 5.74) is 5.32. The lowest BCUT2D eigenvalue weighted by Crippen LogP contribution is -2.28. The van der Waals surface area contributed by atoms with Gasteiger partial charge in [0.15, 0.2) is 0 Å². The topological polar surface area (TPSA) is 38.0 Å². The van der Waals surface area contributed by atoms with E-state index in [1.165, 1.54) is 16.0 Å². The fourth-order valence-electron chi connectivity index (χ4n) is 1.69. The molecule has 0 amide bonds. The Morgan fingerprint density at radius 2 is 2.19 bits per heavy atom. The van der Waals surface area contributed by atoms with Crippen molar-refractivity contribution in [1.82, 2.24) is 5.43 Å². The number of aryl methyl sites for hydroxylation is 1. The van der Waals surface area contributed by atoms with Crippen LogP contribution in [0.4, 0.5) is 0 Å². The third kappa shape index (κ3) is 2.35. The zero-order chi connectivity index (χ0) is 11.5. The zero-order valence-electron chi connectivity index (χ0n) is 8.91. The van der Waals surface area contributed by atoms with Gasteiger partial charge < -0.3 is 0 Å². The first-order valence-electron chi connectivity index (χ1n) is 4.98. The van der Waals surface area contributed by atoms with Gasteiger partial charge in [-0.2, -0.15) is 0 Å². The van der Waals surface area contributed by atoms with Crippen LogP contribution in [0.1, 0.15) is 22.0 Å². The van der Waals surface area contributed by atoms with E-state index in [9.17, 15) is 0 Å². The lowest BCUT2D eigenvalue weighted by Gasteiger charge is -2.16. The molecule has 0 saturated heterocycles. The molecule has 1 atom stereocenters. The molecule has 2 nitrogen and oxygen atoms in total. The van der Waals surface area contributed by atoms with Crippen LogP contribution in [0.25, 0.3) is 0 Å². The zero-order valence-corrected chi connectivity index (χ0v) is 11.3. The van der Waals surface area contributed by atoms with Crippen LogP contribution in [0.3, 0.4) is 0 Å². The molecule has 0 spiro atoms. The Hall–Kier alpha value is -0.680. The predicted molar refractivity (Wildman–Crippen MR) is 72.4 cm³/mol. The second-order valence-corrected chi connectivity index (χ2v) is 5.49. The second kappa shape index (κ2) is 5.10. The summed E-state index contributed by atoms with van der Waals surface area (Å²) < 4.78 is 1.07. The number of nitrogens with one attached hydrogen (secondary N) is 1. The van der Waals surface area contributed by atoms with Gasteiger partial charge in [0, 0.05) is 9.35 Å². The molecule has 1 heterocycles. The normalized spacial score (nSPS) is 12.7. The summed E-state index contributed by atoms with van der Waals surface area (Å²) in [6.07, 6.45) is 0.